The van der Waals surface area contributed by atoms with Crippen molar-refractivity contribution in [3.05, 3.63) is 0 Å². The van der Waals surface area contributed by atoms with E-state index in [0.717, 1.165) is 31.4 Å². The lowest BCUT2D eigenvalue weighted by atomic mass is 10.2. The summed E-state index contributed by atoms with van der Waals surface area (Å²) in [4.78, 5) is 0. The maximum Gasteiger partial charge on any atom is 0.213 e. The zero-order chi connectivity index (χ0) is 11.6. The molecule has 15 heavy (non-hydrogen) atoms. The first kappa shape index (κ1) is 15.3. The van der Waals surface area contributed by atoms with Crippen molar-refractivity contribution in [1.82, 2.24) is 0 Å². The van der Waals surface area contributed by atoms with Crippen LogP contribution in [0, 0.1) is 0 Å². The molecule has 0 aliphatic carbocycles. The van der Waals surface area contributed by atoms with Crippen LogP contribution in [0.1, 0.15) is 65.2 Å². The quantitative estimate of drug-likeness (QED) is 0.449. The summed E-state index contributed by atoms with van der Waals surface area (Å²) >= 11 is 1.29. The smallest absolute Gasteiger partial charge is 0.213 e. The Bertz CT molecular complexity index is 138. The Kier molecular flexibility index (Phi) is 9.66. The summed E-state index contributed by atoms with van der Waals surface area (Å²) in [5, 5.41) is 17.7. The number of rotatable bonds is 10. The van der Waals surface area contributed by atoms with E-state index < -0.39 is 5.12 Å². The van der Waals surface area contributed by atoms with Crippen LogP contribution in [0.15, 0.2) is 0 Å². The molecule has 0 radical (unpaired) electrons. The van der Waals surface area contributed by atoms with E-state index >= 15 is 0 Å². The highest BCUT2D eigenvalue weighted by molar-refractivity contribution is 8.00. The molecule has 0 unspecified atom stereocenters. The van der Waals surface area contributed by atoms with Gasteiger partial charge in [-0.2, -0.15) is 0 Å². The molecule has 2 nitrogen and oxygen atoms in total. The van der Waals surface area contributed by atoms with Crippen molar-refractivity contribution < 1.29 is 10.2 Å². The molecule has 2 N–H and O–H groups in total. The van der Waals surface area contributed by atoms with Crippen LogP contribution in [0.2, 0.25) is 0 Å². The topological polar surface area (TPSA) is 40.5 Å². The normalized spacial score (nSPS) is 12.0. The molecule has 0 aromatic rings. The SMILES string of the molecule is CCCCCCSC(O)(O)CCCCC. The van der Waals surface area contributed by atoms with Crippen molar-refractivity contribution in [2.45, 2.75) is 70.3 Å². The Morgan fingerprint density at radius 3 is 2.07 bits per heavy atom. The third-order valence-corrected chi connectivity index (χ3v) is 3.60. The first-order chi connectivity index (χ1) is 7.12. The highest BCUT2D eigenvalue weighted by Gasteiger charge is 2.22. The monoisotopic (exact) mass is 234 g/mol. The van der Waals surface area contributed by atoms with Crippen LogP contribution in [0.4, 0.5) is 0 Å². The molecular formula is C12H26O2S. The van der Waals surface area contributed by atoms with Crippen molar-refractivity contribution >= 4 is 11.8 Å². The molecule has 0 atom stereocenters. The van der Waals surface area contributed by atoms with Crippen LogP contribution in [0.3, 0.4) is 0 Å². The Balaban J connectivity index is 3.38. The van der Waals surface area contributed by atoms with Crippen LogP contribution in [0.5, 0.6) is 0 Å². The summed E-state index contributed by atoms with van der Waals surface area (Å²) in [6.07, 6.45) is 8.38. The largest absolute Gasteiger partial charge is 0.357 e. The predicted molar refractivity (Wildman–Crippen MR) is 67.9 cm³/mol. The number of hydrogen-bond acceptors (Lipinski definition) is 3. The highest BCUT2D eigenvalue weighted by Crippen LogP contribution is 2.26. The zero-order valence-corrected chi connectivity index (χ0v) is 11.0. The molecule has 3 heteroatoms. The minimum atomic E-state index is -1.48. The van der Waals surface area contributed by atoms with Gasteiger partial charge >= 0.3 is 0 Å². The van der Waals surface area contributed by atoms with Gasteiger partial charge in [0.2, 0.25) is 5.12 Å². The van der Waals surface area contributed by atoms with Crippen LogP contribution in [0.25, 0.3) is 0 Å². The maximum absolute atomic E-state index is 9.62. The van der Waals surface area contributed by atoms with Gasteiger partial charge in [0.25, 0.3) is 0 Å². The average molecular weight is 234 g/mol. The van der Waals surface area contributed by atoms with E-state index in [1.165, 1.54) is 31.0 Å². The van der Waals surface area contributed by atoms with Crippen molar-refractivity contribution in [2.75, 3.05) is 5.75 Å². The molecule has 0 aliphatic rings. The maximum atomic E-state index is 9.62. The van der Waals surface area contributed by atoms with Gasteiger partial charge in [0, 0.05) is 6.42 Å². The van der Waals surface area contributed by atoms with Crippen LogP contribution in [-0.2, 0) is 0 Å². The molecule has 0 fully saturated rings. The third-order valence-electron chi connectivity index (χ3n) is 2.44. The highest BCUT2D eigenvalue weighted by atomic mass is 32.2. The fraction of sp³-hybridized carbons (Fsp3) is 1.00. The van der Waals surface area contributed by atoms with Crippen molar-refractivity contribution in [1.29, 1.82) is 0 Å². The molecular weight excluding hydrogens is 208 g/mol. The molecule has 0 aromatic carbocycles. The van der Waals surface area contributed by atoms with Gasteiger partial charge in [0.15, 0.2) is 0 Å². The molecule has 0 amide bonds. The number of unbranched alkanes of at least 4 members (excludes halogenated alkanes) is 5. The third kappa shape index (κ3) is 10.6. The van der Waals surface area contributed by atoms with E-state index in [1.54, 1.807) is 0 Å². The van der Waals surface area contributed by atoms with E-state index in [-0.39, 0.29) is 0 Å². The Hall–Kier alpha value is 0.270. The van der Waals surface area contributed by atoms with Crippen LogP contribution >= 0.6 is 11.8 Å². The van der Waals surface area contributed by atoms with Gasteiger partial charge in [-0.15, -0.1) is 0 Å². The van der Waals surface area contributed by atoms with E-state index in [1.807, 2.05) is 0 Å². The number of thioether (sulfide) groups is 1. The van der Waals surface area contributed by atoms with E-state index in [0.29, 0.717) is 6.42 Å². The fourth-order valence-electron chi connectivity index (χ4n) is 1.44. The summed E-state index contributed by atoms with van der Waals surface area (Å²) in [5.74, 6) is 0.860. The second kappa shape index (κ2) is 9.49. The summed E-state index contributed by atoms with van der Waals surface area (Å²) in [6, 6.07) is 0. The minimum absolute atomic E-state index is 0.499. The van der Waals surface area contributed by atoms with Gasteiger partial charge in [0.1, 0.15) is 0 Å². The second-order valence-corrected chi connectivity index (χ2v) is 5.46. The lowest BCUT2D eigenvalue weighted by Gasteiger charge is -2.20. The molecule has 92 valence electrons. The fourth-order valence-corrected chi connectivity index (χ4v) is 2.41. The van der Waals surface area contributed by atoms with Gasteiger partial charge in [0.05, 0.1) is 0 Å². The lowest BCUT2D eigenvalue weighted by Crippen LogP contribution is -2.23. The standard InChI is InChI=1S/C12H26O2S/c1-3-5-7-9-11-15-12(13,14)10-8-6-4-2/h13-14H,3-11H2,1-2H3. The number of hydrogen-bond donors (Lipinski definition) is 2. The van der Waals surface area contributed by atoms with Crippen molar-refractivity contribution in [3.63, 3.8) is 0 Å². The zero-order valence-electron chi connectivity index (χ0n) is 10.2. The molecule has 0 aliphatic heterocycles. The Morgan fingerprint density at radius 2 is 1.47 bits per heavy atom. The number of aliphatic hydroxyl groups is 2. The van der Waals surface area contributed by atoms with Crippen molar-refractivity contribution in [3.8, 4) is 0 Å². The lowest BCUT2D eigenvalue weighted by molar-refractivity contribution is -0.0824. The molecule has 0 bridgehead atoms. The summed E-state index contributed by atoms with van der Waals surface area (Å²) < 4.78 is 0. The Labute approximate surface area is 98.5 Å². The Morgan fingerprint density at radius 1 is 0.867 bits per heavy atom. The first-order valence-electron chi connectivity index (χ1n) is 6.21. The second-order valence-electron chi connectivity index (χ2n) is 4.11. The summed E-state index contributed by atoms with van der Waals surface area (Å²) in [7, 11) is 0. The van der Waals surface area contributed by atoms with Crippen LogP contribution in [-0.4, -0.2) is 21.1 Å². The molecule has 0 heterocycles. The van der Waals surface area contributed by atoms with Crippen LogP contribution < -0.4 is 0 Å². The summed E-state index contributed by atoms with van der Waals surface area (Å²) in [6.45, 7) is 4.30. The van der Waals surface area contributed by atoms with Gasteiger partial charge in [-0.1, -0.05) is 57.7 Å². The van der Waals surface area contributed by atoms with Gasteiger partial charge in [-0.3, -0.25) is 0 Å². The van der Waals surface area contributed by atoms with Gasteiger partial charge < -0.3 is 10.2 Å². The predicted octanol–water partition coefficient (Wildman–Crippen LogP) is 3.52. The average Bonchev–Trinajstić information content (AvgIpc) is 2.17. The first-order valence-corrected chi connectivity index (χ1v) is 7.19. The molecule has 0 aromatic heterocycles. The summed E-state index contributed by atoms with van der Waals surface area (Å²) in [5.41, 5.74) is 0. The van der Waals surface area contributed by atoms with Gasteiger partial charge in [-0.25, -0.2) is 0 Å². The molecule has 0 rings (SSSR count). The van der Waals surface area contributed by atoms with E-state index in [2.05, 4.69) is 13.8 Å². The van der Waals surface area contributed by atoms with E-state index in [9.17, 15) is 10.2 Å². The van der Waals surface area contributed by atoms with Gasteiger partial charge in [-0.05, 0) is 18.6 Å². The minimum Gasteiger partial charge on any atom is -0.357 e. The molecule has 0 saturated heterocycles. The van der Waals surface area contributed by atoms with E-state index in [4.69, 9.17) is 0 Å². The van der Waals surface area contributed by atoms with Crippen molar-refractivity contribution in [2.24, 2.45) is 0 Å². The molecule has 0 spiro atoms. The molecule has 0 saturated carbocycles.